The summed E-state index contributed by atoms with van der Waals surface area (Å²) < 4.78 is 12.8. The van der Waals surface area contributed by atoms with E-state index in [0.717, 1.165) is 12.1 Å². The van der Waals surface area contributed by atoms with E-state index >= 15 is 0 Å². The number of aldehydes is 1. The quantitative estimate of drug-likeness (QED) is 0.578. The van der Waals surface area contributed by atoms with Gasteiger partial charge in [-0.15, -0.1) is 0 Å². The molecule has 0 saturated heterocycles. The maximum Gasteiger partial charge on any atom is 0.241 e. The van der Waals surface area contributed by atoms with E-state index in [4.69, 9.17) is 5.73 Å². The van der Waals surface area contributed by atoms with E-state index in [1.807, 2.05) is 0 Å². The van der Waals surface area contributed by atoms with Crippen molar-refractivity contribution in [3.05, 3.63) is 41.2 Å². The summed E-state index contributed by atoms with van der Waals surface area (Å²) in [6.07, 6.45) is 2.97. The zero-order valence-electron chi connectivity index (χ0n) is 7.24. The lowest BCUT2D eigenvalue weighted by Crippen LogP contribution is -2.05. The van der Waals surface area contributed by atoms with Gasteiger partial charge in [0.2, 0.25) is 5.91 Å². The topological polar surface area (TPSA) is 60.2 Å². The van der Waals surface area contributed by atoms with Crippen LogP contribution in [-0.4, -0.2) is 12.2 Å². The summed E-state index contributed by atoms with van der Waals surface area (Å²) in [5.41, 5.74) is 5.38. The van der Waals surface area contributed by atoms with Crippen LogP contribution >= 0.6 is 0 Å². The Balaban J connectivity index is 3.01. The first-order valence-electron chi connectivity index (χ1n) is 3.85. The minimum absolute atomic E-state index is 0.0448. The van der Waals surface area contributed by atoms with Gasteiger partial charge in [0.1, 0.15) is 5.82 Å². The Morgan fingerprint density at radius 3 is 2.71 bits per heavy atom. The molecule has 1 aromatic carbocycles. The Morgan fingerprint density at radius 1 is 1.43 bits per heavy atom. The predicted molar refractivity (Wildman–Crippen MR) is 50.0 cm³/mol. The summed E-state index contributed by atoms with van der Waals surface area (Å²) in [5.74, 6) is -1.18. The molecule has 1 rings (SSSR count). The van der Waals surface area contributed by atoms with Crippen molar-refractivity contribution in [2.75, 3.05) is 0 Å². The zero-order valence-corrected chi connectivity index (χ0v) is 7.24. The van der Waals surface area contributed by atoms with Crippen LogP contribution in [0.1, 0.15) is 15.9 Å². The molecule has 0 heterocycles. The maximum atomic E-state index is 12.8. The van der Waals surface area contributed by atoms with Crippen LogP contribution in [0.2, 0.25) is 0 Å². The Labute approximate surface area is 80.0 Å². The third-order valence-corrected chi connectivity index (χ3v) is 1.59. The zero-order chi connectivity index (χ0) is 10.6. The molecule has 0 saturated carbocycles. The second-order valence-electron chi connectivity index (χ2n) is 2.63. The van der Waals surface area contributed by atoms with Crippen molar-refractivity contribution in [3.63, 3.8) is 0 Å². The van der Waals surface area contributed by atoms with Gasteiger partial charge >= 0.3 is 0 Å². The number of primary amides is 1. The van der Waals surface area contributed by atoms with Gasteiger partial charge in [-0.3, -0.25) is 9.59 Å². The first kappa shape index (κ1) is 10.1. The predicted octanol–water partition coefficient (Wildman–Crippen LogP) is 1.14. The van der Waals surface area contributed by atoms with Gasteiger partial charge in [0.05, 0.1) is 5.56 Å². The number of nitrogens with two attached hydrogens (primary N) is 1. The Hall–Kier alpha value is -1.97. The molecule has 0 unspecified atom stereocenters. The monoisotopic (exact) mass is 193 g/mol. The molecule has 0 aliphatic rings. The number of carbonyl (C=O) groups excluding carboxylic acids is 2. The summed E-state index contributed by atoms with van der Waals surface area (Å²) in [4.78, 5) is 20.7. The number of halogens is 1. The molecule has 0 radical (unpaired) electrons. The van der Waals surface area contributed by atoms with Crippen LogP contribution in [0.15, 0.2) is 24.3 Å². The molecule has 0 aromatic heterocycles. The van der Waals surface area contributed by atoms with Crippen molar-refractivity contribution in [2.45, 2.75) is 0 Å². The lowest BCUT2D eigenvalue weighted by Gasteiger charge is -1.96. The minimum Gasteiger partial charge on any atom is -0.366 e. The van der Waals surface area contributed by atoms with Gasteiger partial charge in [0, 0.05) is 6.08 Å². The maximum absolute atomic E-state index is 12.8. The van der Waals surface area contributed by atoms with Crippen molar-refractivity contribution in [3.8, 4) is 0 Å². The normalized spacial score (nSPS) is 10.4. The van der Waals surface area contributed by atoms with Gasteiger partial charge in [-0.25, -0.2) is 4.39 Å². The lowest BCUT2D eigenvalue weighted by atomic mass is 10.1. The average molecular weight is 193 g/mol. The van der Waals surface area contributed by atoms with Gasteiger partial charge < -0.3 is 5.73 Å². The molecule has 0 bridgehead atoms. The van der Waals surface area contributed by atoms with Gasteiger partial charge in [-0.05, 0) is 23.8 Å². The van der Waals surface area contributed by atoms with Crippen LogP contribution < -0.4 is 5.73 Å². The van der Waals surface area contributed by atoms with Gasteiger partial charge in [-0.2, -0.15) is 0 Å². The molecule has 2 N–H and O–H groups in total. The minimum atomic E-state index is -0.595. The third-order valence-electron chi connectivity index (χ3n) is 1.59. The first-order valence-corrected chi connectivity index (χ1v) is 3.85. The highest BCUT2D eigenvalue weighted by Crippen LogP contribution is 2.09. The van der Waals surface area contributed by atoms with E-state index in [9.17, 15) is 14.0 Å². The van der Waals surface area contributed by atoms with Crippen LogP contribution in [0.3, 0.4) is 0 Å². The standard InChI is InChI=1S/C10H8FNO2/c11-9-3-1-7(2-4-10(12)14)5-8(9)6-13/h1-6H,(H2,12,14). The fourth-order valence-corrected chi connectivity index (χ4v) is 0.935. The molecule has 0 spiro atoms. The van der Waals surface area contributed by atoms with E-state index in [1.54, 1.807) is 0 Å². The van der Waals surface area contributed by atoms with Crippen molar-refractivity contribution in [1.82, 2.24) is 0 Å². The summed E-state index contributed by atoms with van der Waals surface area (Å²) >= 11 is 0. The van der Waals surface area contributed by atoms with Crippen molar-refractivity contribution in [1.29, 1.82) is 0 Å². The van der Waals surface area contributed by atoms with Gasteiger partial charge in [0.25, 0.3) is 0 Å². The highest BCUT2D eigenvalue weighted by atomic mass is 19.1. The van der Waals surface area contributed by atoms with E-state index in [0.29, 0.717) is 11.8 Å². The number of hydrogen-bond donors (Lipinski definition) is 1. The SMILES string of the molecule is NC(=O)C=Cc1ccc(F)c(C=O)c1. The summed E-state index contributed by atoms with van der Waals surface area (Å²) in [6.45, 7) is 0. The van der Waals surface area contributed by atoms with E-state index < -0.39 is 11.7 Å². The number of hydrogen-bond acceptors (Lipinski definition) is 2. The number of benzene rings is 1. The molecule has 3 nitrogen and oxygen atoms in total. The smallest absolute Gasteiger partial charge is 0.241 e. The Kier molecular flexibility index (Phi) is 3.12. The van der Waals surface area contributed by atoms with E-state index in [1.165, 1.54) is 18.2 Å². The van der Waals surface area contributed by atoms with Crippen molar-refractivity contribution >= 4 is 18.3 Å². The highest BCUT2D eigenvalue weighted by Gasteiger charge is 2.00. The molecular formula is C10H8FNO2. The van der Waals surface area contributed by atoms with Crippen LogP contribution in [0.25, 0.3) is 6.08 Å². The Bertz CT molecular complexity index is 399. The summed E-state index contributed by atoms with van der Waals surface area (Å²) in [7, 11) is 0. The Morgan fingerprint density at radius 2 is 2.14 bits per heavy atom. The van der Waals surface area contributed by atoms with Gasteiger partial charge in [0.15, 0.2) is 6.29 Å². The van der Waals surface area contributed by atoms with E-state index in [2.05, 4.69) is 0 Å². The van der Waals surface area contributed by atoms with E-state index in [-0.39, 0.29) is 5.56 Å². The molecule has 14 heavy (non-hydrogen) atoms. The first-order chi connectivity index (χ1) is 6.63. The molecule has 0 aliphatic carbocycles. The van der Waals surface area contributed by atoms with Crippen LogP contribution in [0.4, 0.5) is 4.39 Å². The second-order valence-corrected chi connectivity index (χ2v) is 2.63. The number of carbonyl (C=O) groups is 2. The summed E-state index contributed by atoms with van der Waals surface area (Å²) in [6, 6.07) is 3.94. The second kappa shape index (κ2) is 4.32. The van der Waals surface area contributed by atoms with Crippen LogP contribution in [-0.2, 0) is 4.79 Å². The average Bonchev–Trinajstić information content (AvgIpc) is 2.16. The molecule has 72 valence electrons. The third kappa shape index (κ3) is 2.52. The van der Waals surface area contributed by atoms with Crippen molar-refractivity contribution < 1.29 is 14.0 Å². The molecule has 4 heteroatoms. The summed E-state index contributed by atoms with van der Waals surface area (Å²) in [5, 5.41) is 0. The highest BCUT2D eigenvalue weighted by molar-refractivity contribution is 5.90. The molecule has 1 amide bonds. The fourth-order valence-electron chi connectivity index (χ4n) is 0.935. The van der Waals surface area contributed by atoms with Gasteiger partial charge in [-0.1, -0.05) is 6.07 Å². The fraction of sp³-hybridized carbons (Fsp3) is 0. The molecule has 0 aliphatic heterocycles. The molecule has 0 fully saturated rings. The lowest BCUT2D eigenvalue weighted by molar-refractivity contribution is -0.113. The molecular weight excluding hydrogens is 185 g/mol. The largest absolute Gasteiger partial charge is 0.366 e. The molecule has 1 aromatic rings. The number of amides is 1. The van der Waals surface area contributed by atoms with Crippen LogP contribution in [0.5, 0.6) is 0 Å². The van der Waals surface area contributed by atoms with Crippen molar-refractivity contribution in [2.24, 2.45) is 5.73 Å². The van der Waals surface area contributed by atoms with Crippen LogP contribution in [0, 0.1) is 5.82 Å². The number of rotatable bonds is 3. The molecule has 0 atom stereocenters.